The lowest BCUT2D eigenvalue weighted by Gasteiger charge is -1.94. The minimum Gasteiger partial charge on any atom is -0.270 e. The van der Waals surface area contributed by atoms with Gasteiger partial charge >= 0.3 is 0 Å². The van der Waals surface area contributed by atoms with Gasteiger partial charge in [0.05, 0.1) is 11.7 Å². The van der Waals surface area contributed by atoms with Gasteiger partial charge in [0, 0.05) is 0 Å². The molecule has 0 aliphatic heterocycles. The molecule has 0 unspecified atom stereocenters. The second kappa shape index (κ2) is 2.19. The van der Waals surface area contributed by atoms with Crippen molar-refractivity contribution in [2.45, 2.75) is 0 Å². The number of fused-ring (bicyclic) bond motifs is 3. The summed E-state index contributed by atoms with van der Waals surface area (Å²) < 4.78 is 1.71. The standard InChI is InChI=1S/C7H4N6/c1-2-9-11-6-5(1)8-3-13-4-10-12-7(6)13/h1-4H. The fraction of sp³-hybridized carbons (Fsp3) is 0. The van der Waals surface area contributed by atoms with Gasteiger partial charge in [-0.2, -0.15) is 5.10 Å². The highest BCUT2D eigenvalue weighted by Gasteiger charge is 2.03. The lowest BCUT2D eigenvalue weighted by atomic mass is 10.4. The Morgan fingerprint density at radius 1 is 1.08 bits per heavy atom. The Morgan fingerprint density at radius 3 is 3.08 bits per heavy atom. The van der Waals surface area contributed by atoms with E-state index in [-0.39, 0.29) is 0 Å². The molecule has 3 heterocycles. The molecule has 0 atom stereocenters. The van der Waals surface area contributed by atoms with E-state index in [0.717, 1.165) is 5.52 Å². The van der Waals surface area contributed by atoms with Gasteiger partial charge in [-0.1, -0.05) is 0 Å². The summed E-state index contributed by atoms with van der Waals surface area (Å²) >= 11 is 0. The smallest absolute Gasteiger partial charge is 0.191 e. The van der Waals surface area contributed by atoms with Crippen molar-refractivity contribution >= 4 is 16.7 Å². The van der Waals surface area contributed by atoms with Crippen LogP contribution < -0.4 is 0 Å². The van der Waals surface area contributed by atoms with Gasteiger partial charge in [-0.05, 0) is 6.07 Å². The molecule has 0 spiro atoms. The number of hydrogen-bond acceptors (Lipinski definition) is 5. The average molecular weight is 172 g/mol. The summed E-state index contributed by atoms with van der Waals surface area (Å²) in [6, 6.07) is 1.79. The summed E-state index contributed by atoms with van der Waals surface area (Å²) in [5.74, 6) is 0. The van der Waals surface area contributed by atoms with E-state index < -0.39 is 0 Å². The molecule has 0 aliphatic rings. The predicted molar refractivity (Wildman–Crippen MR) is 43.9 cm³/mol. The second-order valence-electron chi connectivity index (χ2n) is 2.57. The molecule has 6 nitrogen and oxygen atoms in total. The third kappa shape index (κ3) is 0.792. The van der Waals surface area contributed by atoms with E-state index in [2.05, 4.69) is 25.4 Å². The Hall–Kier alpha value is -2.11. The van der Waals surface area contributed by atoms with Gasteiger partial charge in [0.15, 0.2) is 11.2 Å². The van der Waals surface area contributed by atoms with Crippen molar-refractivity contribution in [1.29, 1.82) is 0 Å². The van der Waals surface area contributed by atoms with Crippen LogP contribution in [-0.2, 0) is 0 Å². The normalized spacial score (nSPS) is 11.1. The predicted octanol–water partition coefficient (Wildman–Crippen LogP) is 0.0675. The maximum Gasteiger partial charge on any atom is 0.191 e. The van der Waals surface area contributed by atoms with Gasteiger partial charge in [-0.15, -0.1) is 15.3 Å². The molecule has 3 rings (SSSR count). The summed E-state index contributed by atoms with van der Waals surface area (Å²) in [5, 5.41) is 15.4. The molecule has 13 heavy (non-hydrogen) atoms. The van der Waals surface area contributed by atoms with E-state index in [9.17, 15) is 0 Å². The Bertz CT molecular complexity index is 571. The third-order valence-corrected chi connectivity index (χ3v) is 1.81. The van der Waals surface area contributed by atoms with Crippen molar-refractivity contribution in [2.24, 2.45) is 0 Å². The SMILES string of the molecule is c1cc2ncn3cnnc3c2nn1. The van der Waals surface area contributed by atoms with Crippen molar-refractivity contribution in [2.75, 3.05) is 0 Å². The minimum absolute atomic E-state index is 0.669. The molecule has 0 N–H and O–H groups in total. The molecular formula is C7H4N6. The number of hydrogen-bond donors (Lipinski definition) is 0. The molecule has 3 aromatic rings. The van der Waals surface area contributed by atoms with Crippen molar-refractivity contribution in [3.63, 3.8) is 0 Å². The van der Waals surface area contributed by atoms with Crippen LogP contribution in [0.2, 0.25) is 0 Å². The zero-order valence-corrected chi connectivity index (χ0v) is 6.49. The van der Waals surface area contributed by atoms with E-state index >= 15 is 0 Å². The van der Waals surface area contributed by atoms with E-state index in [4.69, 9.17) is 0 Å². The van der Waals surface area contributed by atoms with Gasteiger partial charge < -0.3 is 0 Å². The molecule has 0 fully saturated rings. The number of nitrogens with zero attached hydrogens (tertiary/aromatic N) is 6. The first-order chi connectivity index (χ1) is 6.45. The quantitative estimate of drug-likeness (QED) is 0.480. The van der Waals surface area contributed by atoms with Crippen LogP contribution in [0, 0.1) is 0 Å². The highest BCUT2D eigenvalue weighted by molar-refractivity contribution is 5.85. The molecule has 0 aromatic carbocycles. The fourth-order valence-corrected chi connectivity index (χ4v) is 1.21. The van der Waals surface area contributed by atoms with Crippen LogP contribution in [0.15, 0.2) is 24.9 Å². The first-order valence-electron chi connectivity index (χ1n) is 3.71. The average Bonchev–Trinajstić information content (AvgIpc) is 2.65. The monoisotopic (exact) mass is 172 g/mol. The van der Waals surface area contributed by atoms with E-state index in [1.54, 1.807) is 29.3 Å². The highest BCUT2D eigenvalue weighted by atomic mass is 15.2. The maximum absolute atomic E-state index is 4.16. The number of rotatable bonds is 0. The van der Waals surface area contributed by atoms with Gasteiger partial charge in [0.2, 0.25) is 0 Å². The molecule has 0 saturated carbocycles. The second-order valence-corrected chi connectivity index (χ2v) is 2.57. The van der Waals surface area contributed by atoms with Crippen LogP contribution in [-0.4, -0.2) is 29.8 Å². The zero-order chi connectivity index (χ0) is 8.67. The zero-order valence-electron chi connectivity index (χ0n) is 6.49. The van der Waals surface area contributed by atoms with Gasteiger partial charge in [0.1, 0.15) is 12.7 Å². The van der Waals surface area contributed by atoms with Crippen molar-refractivity contribution in [3.05, 3.63) is 24.9 Å². The van der Waals surface area contributed by atoms with E-state index in [1.165, 1.54) is 0 Å². The minimum atomic E-state index is 0.669. The van der Waals surface area contributed by atoms with Crippen LogP contribution >= 0.6 is 0 Å². The summed E-state index contributed by atoms with van der Waals surface area (Å²) in [6.07, 6.45) is 4.83. The lowest BCUT2D eigenvalue weighted by molar-refractivity contribution is 1.04. The van der Waals surface area contributed by atoms with E-state index in [0.29, 0.717) is 11.2 Å². The van der Waals surface area contributed by atoms with Crippen molar-refractivity contribution < 1.29 is 0 Å². The maximum atomic E-state index is 4.16. The molecular weight excluding hydrogens is 168 g/mol. The van der Waals surface area contributed by atoms with Crippen LogP contribution in [0.5, 0.6) is 0 Å². The first-order valence-corrected chi connectivity index (χ1v) is 3.71. The van der Waals surface area contributed by atoms with Crippen molar-refractivity contribution in [3.8, 4) is 0 Å². The molecule has 0 radical (unpaired) electrons. The number of aromatic nitrogens is 6. The lowest BCUT2D eigenvalue weighted by Crippen LogP contribution is -1.92. The summed E-state index contributed by atoms with van der Waals surface area (Å²) in [4.78, 5) is 4.16. The molecule has 62 valence electrons. The van der Waals surface area contributed by atoms with Crippen LogP contribution in [0.1, 0.15) is 0 Å². The highest BCUT2D eigenvalue weighted by Crippen LogP contribution is 2.10. The van der Waals surface area contributed by atoms with Crippen LogP contribution in [0.25, 0.3) is 16.7 Å². The Morgan fingerprint density at radius 2 is 2.08 bits per heavy atom. The third-order valence-electron chi connectivity index (χ3n) is 1.81. The molecule has 0 amide bonds. The Kier molecular flexibility index (Phi) is 1.08. The van der Waals surface area contributed by atoms with Crippen LogP contribution in [0.3, 0.4) is 0 Å². The van der Waals surface area contributed by atoms with Gasteiger partial charge in [-0.25, -0.2) is 4.98 Å². The molecule has 0 bridgehead atoms. The van der Waals surface area contributed by atoms with Crippen LogP contribution in [0.4, 0.5) is 0 Å². The molecule has 0 saturated heterocycles. The topological polar surface area (TPSA) is 68.9 Å². The molecule has 6 heteroatoms. The summed E-state index contributed by atoms with van der Waals surface area (Å²) in [7, 11) is 0. The Balaban J connectivity index is 2.65. The molecule has 3 aromatic heterocycles. The largest absolute Gasteiger partial charge is 0.270 e. The Labute approximate surface area is 72.3 Å². The van der Waals surface area contributed by atoms with Crippen molar-refractivity contribution in [1.82, 2.24) is 29.8 Å². The van der Waals surface area contributed by atoms with Gasteiger partial charge in [-0.3, -0.25) is 4.40 Å². The summed E-state index contributed by atoms with van der Waals surface area (Å²) in [6.45, 7) is 0. The molecule has 0 aliphatic carbocycles. The first kappa shape index (κ1) is 6.41. The van der Waals surface area contributed by atoms with Gasteiger partial charge in [0.25, 0.3) is 0 Å². The fourth-order valence-electron chi connectivity index (χ4n) is 1.21. The summed E-state index contributed by atoms with van der Waals surface area (Å²) in [5.41, 5.74) is 2.12. The van der Waals surface area contributed by atoms with E-state index in [1.807, 2.05) is 0 Å².